The zero-order valence-corrected chi connectivity index (χ0v) is 11.4. The zero-order chi connectivity index (χ0) is 12.3. The molecule has 0 spiro atoms. The third kappa shape index (κ3) is 4.02. The normalized spacial score (nSPS) is 11.2. The lowest BCUT2D eigenvalue weighted by Gasteiger charge is -2.24. The molecule has 0 saturated heterocycles. The van der Waals surface area contributed by atoms with E-state index in [1.807, 2.05) is 12.1 Å². The van der Waals surface area contributed by atoms with E-state index in [1.54, 1.807) is 19.9 Å². The van der Waals surface area contributed by atoms with Crippen LogP contribution in [0.25, 0.3) is 0 Å². The summed E-state index contributed by atoms with van der Waals surface area (Å²) in [5, 5.41) is 0.643. The molecule has 0 aromatic heterocycles. The van der Waals surface area contributed by atoms with E-state index >= 15 is 0 Å². The van der Waals surface area contributed by atoms with Crippen LogP contribution >= 0.6 is 27.5 Å². The summed E-state index contributed by atoms with van der Waals surface area (Å²) in [4.78, 5) is 10.7. The minimum Gasteiger partial charge on any atom is -0.443 e. The van der Waals surface area contributed by atoms with Crippen LogP contribution in [-0.2, 0) is 11.2 Å². The van der Waals surface area contributed by atoms with E-state index in [-0.39, 0.29) is 0 Å². The highest BCUT2D eigenvalue weighted by Crippen LogP contribution is 2.26. The Morgan fingerprint density at radius 1 is 1.56 bits per heavy atom. The predicted octanol–water partition coefficient (Wildman–Crippen LogP) is 3.52. The maximum absolute atomic E-state index is 10.7. The molecule has 0 atom stereocenters. The zero-order valence-electron chi connectivity index (χ0n) is 9.09. The van der Waals surface area contributed by atoms with Gasteiger partial charge in [-0.15, -0.1) is 0 Å². The molecule has 1 aromatic carbocycles. The highest BCUT2D eigenvalue weighted by molar-refractivity contribution is 9.10. The van der Waals surface area contributed by atoms with Gasteiger partial charge in [0.1, 0.15) is 5.60 Å². The van der Waals surface area contributed by atoms with Gasteiger partial charge in [0.25, 0.3) is 0 Å². The smallest absolute Gasteiger partial charge is 0.405 e. The Labute approximate surface area is 108 Å². The van der Waals surface area contributed by atoms with Crippen molar-refractivity contribution in [1.29, 1.82) is 0 Å². The predicted molar refractivity (Wildman–Crippen MR) is 67.6 cm³/mol. The average Bonchev–Trinajstić information content (AvgIpc) is 2.08. The van der Waals surface area contributed by atoms with Crippen LogP contribution in [0.3, 0.4) is 0 Å². The lowest BCUT2D eigenvalue weighted by Crippen LogP contribution is -2.33. The number of nitrogens with two attached hydrogens (primary N) is 1. The number of hydrogen-bond donors (Lipinski definition) is 1. The Hall–Kier alpha value is -0.740. The first-order valence-electron chi connectivity index (χ1n) is 4.72. The third-order valence-electron chi connectivity index (χ3n) is 2.00. The van der Waals surface area contributed by atoms with Crippen molar-refractivity contribution in [2.24, 2.45) is 5.73 Å². The van der Waals surface area contributed by atoms with Crippen molar-refractivity contribution in [1.82, 2.24) is 0 Å². The molecule has 1 amide bonds. The monoisotopic (exact) mass is 305 g/mol. The molecule has 0 aliphatic rings. The second kappa shape index (κ2) is 5.06. The molecular weight excluding hydrogens is 293 g/mol. The van der Waals surface area contributed by atoms with E-state index in [0.717, 1.165) is 10.0 Å². The van der Waals surface area contributed by atoms with Gasteiger partial charge in [0.15, 0.2) is 0 Å². The van der Waals surface area contributed by atoms with Crippen LogP contribution in [0.1, 0.15) is 19.4 Å². The number of halogens is 2. The maximum Gasteiger partial charge on any atom is 0.405 e. The molecule has 0 bridgehead atoms. The summed E-state index contributed by atoms with van der Waals surface area (Å²) < 4.78 is 5.93. The average molecular weight is 307 g/mol. The Bertz CT molecular complexity index is 407. The highest BCUT2D eigenvalue weighted by atomic mass is 79.9. The molecule has 0 heterocycles. The summed E-state index contributed by atoms with van der Waals surface area (Å²) in [5.74, 6) is 0. The Morgan fingerprint density at radius 2 is 2.19 bits per heavy atom. The number of carbonyl (C=O) groups excluding carboxylic acids is 1. The number of carbonyl (C=O) groups is 1. The second-order valence-electron chi connectivity index (χ2n) is 4.09. The number of ether oxygens (including phenoxy) is 1. The molecule has 0 fully saturated rings. The summed E-state index contributed by atoms with van der Waals surface area (Å²) in [5.41, 5.74) is 5.23. The number of rotatable bonds is 3. The van der Waals surface area contributed by atoms with E-state index in [2.05, 4.69) is 15.9 Å². The first kappa shape index (κ1) is 13.3. The van der Waals surface area contributed by atoms with E-state index in [4.69, 9.17) is 22.1 Å². The van der Waals surface area contributed by atoms with Gasteiger partial charge in [-0.3, -0.25) is 0 Å². The van der Waals surface area contributed by atoms with Crippen molar-refractivity contribution in [3.63, 3.8) is 0 Å². The first-order chi connectivity index (χ1) is 7.30. The van der Waals surface area contributed by atoms with E-state index in [9.17, 15) is 4.79 Å². The van der Waals surface area contributed by atoms with E-state index in [0.29, 0.717) is 11.4 Å². The van der Waals surface area contributed by atoms with Crippen molar-refractivity contribution in [3.05, 3.63) is 33.3 Å². The number of benzene rings is 1. The molecule has 2 N–H and O–H groups in total. The van der Waals surface area contributed by atoms with Crippen molar-refractivity contribution >= 4 is 33.6 Å². The lowest BCUT2D eigenvalue weighted by atomic mass is 9.98. The Morgan fingerprint density at radius 3 is 2.75 bits per heavy atom. The molecule has 0 unspecified atom stereocenters. The van der Waals surface area contributed by atoms with Crippen molar-refractivity contribution in [2.45, 2.75) is 25.9 Å². The van der Waals surface area contributed by atoms with Gasteiger partial charge in [-0.1, -0.05) is 27.5 Å². The van der Waals surface area contributed by atoms with Crippen LogP contribution in [-0.4, -0.2) is 11.7 Å². The molecule has 1 aromatic rings. The van der Waals surface area contributed by atoms with Crippen LogP contribution in [0, 0.1) is 0 Å². The highest BCUT2D eigenvalue weighted by Gasteiger charge is 2.23. The van der Waals surface area contributed by atoms with Crippen molar-refractivity contribution in [2.75, 3.05) is 0 Å². The Kier molecular flexibility index (Phi) is 4.21. The largest absolute Gasteiger partial charge is 0.443 e. The summed E-state index contributed by atoms with van der Waals surface area (Å²) in [6, 6.07) is 5.55. The molecule has 1 rings (SSSR count). The second-order valence-corrected chi connectivity index (χ2v) is 5.42. The third-order valence-corrected chi connectivity index (χ3v) is 2.86. The van der Waals surface area contributed by atoms with Crippen LogP contribution in [0.4, 0.5) is 4.79 Å². The van der Waals surface area contributed by atoms with Crippen LogP contribution < -0.4 is 5.73 Å². The van der Waals surface area contributed by atoms with Crippen LogP contribution in [0.2, 0.25) is 5.02 Å². The number of hydrogen-bond acceptors (Lipinski definition) is 2. The molecule has 5 heteroatoms. The fourth-order valence-corrected chi connectivity index (χ4v) is 2.04. The summed E-state index contributed by atoms with van der Waals surface area (Å²) in [6.07, 6.45) is -0.273. The molecule has 16 heavy (non-hydrogen) atoms. The van der Waals surface area contributed by atoms with Gasteiger partial charge in [-0.2, -0.15) is 0 Å². The topological polar surface area (TPSA) is 52.3 Å². The minimum atomic E-state index is -0.781. The molecule has 0 aliphatic heterocycles. The number of amides is 1. The van der Waals surface area contributed by atoms with Crippen LogP contribution in [0.15, 0.2) is 22.7 Å². The summed E-state index contributed by atoms with van der Waals surface area (Å²) in [7, 11) is 0. The Balaban J connectivity index is 2.86. The standard InChI is InChI=1S/C11H13BrClNO2/c1-11(2,16-10(14)15)6-7-5-8(12)3-4-9(7)13/h3-5H,6H2,1-2H3,(H2,14,15). The lowest BCUT2D eigenvalue weighted by molar-refractivity contribution is 0.0460. The van der Waals surface area contributed by atoms with Gasteiger partial charge in [-0.05, 0) is 37.6 Å². The molecule has 3 nitrogen and oxygen atoms in total. The number of primary amides is 1. The quantitative estimate of drug-likeness (QED) is 0.929. The fourth-order valence-electron chi connectivity index (χ4n) is 1.45. The van der Waals surface area contributed by atoms with Gasteiger partial charge in [-0.25, -0.2) is 4.79 Å². The summed E-state index contributed by atoms with van der Waals surface area (Å²) >= 11 is 9.41. The maximum atomic E-state index is 10.7. The molecular formula is C11H13BrClNO2. The van der Waals surface area contributed by atoms with Gasteiger partial charge in [0.2, 0.25) is 0 Å². The van der Waals surface area contributed by atoms with Gasteiger partial charge in [0.05, 0.1) is 0 Å². The minimum absolute atomic E-state index is 0.508. The fraction of sp³-hybridized carbons (Fsp3) is 0.364. The molecule has 88 valence electrons. The molecule has 0 saturated carbocycles. The molecule has 0 aliphatic carbocycles. The SMILES string of the molecule is CC(C)(Cc1cc(Br)ccc1Cl)OC(N)=O. The van der Waals surface area contributed by atoms with Crippen LogP contribution in [0.5, 0.6) is 0 Å². The van der Waals surface area contributed by atoms with E-state index < -0.39 is 11.7 Å². The molecule has 0 radical (unpaired) electrons. The van der Waals surface area contributed by atoms with Gasteiger partial charge >= 0.3 is 6.09 Å². The van der Waals surface area contributed by atoms with Gasteiger partial charge < -0.3 is 10.5 Å². The first-order valence-corrected chi connectivity index (χ1v) is 5.90. The summed E-state index contributed by atoms with van der Waals surface area (Å²) in [6.45, 7) is 3.57. The van der Waals surface area contributed by atoms with E-state index in [1.165, 1.54) is 0 Å². The van der Waals surface area contributed by atoms with Gasteiger partial charge in [0, 0.05) is 15.9 Å². The van der Waals surface area contributed by atoms with Crippen molar-refractivity contribution < 1.29 is 9.53 Å². The van der Waals surface area contributed by atoms with Crippen molar-refractivity contribution in [3.8, 4) is 0 Å².